The van der Waals surface area contributed by atoms with Gasteiger partial charge in [-0.25, -0.2) is 0 Å². The molecule has 3 aromatic rings. The van der Waals surface area contributed by atoms with Gasteiger partial charge in [0.2, 0.25) is 0 Å². The first-order valence-electron chi connectivity index (χ1n) is 9.49. The second kappa shape index (κ2) is 7.69. The fraction of sp³-hybridized carbons (Fsp3) is 0.115. The first-order chi connectivity index (χ1) is 13.6. The summed E-state index contributed by atoms with van der Waals surface area (Å²) in [4.78, 5) is 15.1. The minimum Gasteiger partial charge on any atom is -0.378 e. The largest absolute Gasteiger partial charge is 0.378 e. The van der Waals surface area contributed by atoms with E-state index in [0.717, 1.165) is 27.8 Å². The van der Waals surface area contributed by atoms with Crippen LogP contribution in [0.15, 0.2) is 96.6 Å². The Morgan fingerprint density at radius 3 is 2.21 bits per heavy atom. The highest BCUT2D eigenvalue weighted by Crippen LogP contribution is 2.41. The van der Waals surface area contributed by atoms with E-state index in [9.17, 15) is 4.79 Å². The van der Waals surface area contributed by atoms with Crippen LogP contribution in [0.1, 0.15) is 33.0 Å². The minimum atomic E-state index is -0.00864. The van der Waals surface area contributed by atoms with Gasteiger partial charge in [0.05, 0.1) is 0 Å². The van der Waals surface area contributed by atoms with Crippen LogP contribution in [0.3, 0.4) is 0 Å². The SMILES string of the molecule is CN(C)c1ccc(/C=C/C=C2\C(=O)c3ccccc3C2c2ccccc2)cc1. The van der Waals surface area contributed by atoms with Gasteiger partial charge in [-0.2, -0.15) is 0 Å². The van der Waals surface area contributed by atoms with E-state index in [4.69, 9.17) is 0 Å². The summed E-state index contributed by atoms with van der Waals surface area (Å²) in [6.07, 6.45) is 6.00. The molecule has 0 aliphatic heterocycles. The maximum atomic E-state index is 13.0. The molecule has 0 saturated carbocycles. The van der Waals surface area contributed by atoms with Crippen LogP contribution in [0.25, 0.3) is 6.08 Å². The lowest BCUT2D eigenvalue weighted by atomic mass is 9.89. The fourth-order valence-corrected chi connectivity index (χ4v) is 3.73. The molecule has 1 aliphatic carbocycles. The summed E-state index contributed by atoms with van der Waals surface area (Å²) in [5, 5.41) is 0. The molecular formula is C26H23NO. The number of anilines is 1. The van der Waals surface area contributed by atoms with Crippen LogP contribution in [0.5, 0.6) is 0 Å². The Hall–Kier alpha value is -3.39. The van der Waals surface area contributed by atoms with E-state index in [2.05, 4.69) is 47.4 Å². The maximum absolute atomic E-state index is 13.0. The third kappa shape index (κ3) is 3.41. The van der Waals surface area contributed by atoms with Crippen molar-refractivity contribution in [3.8, 4) is 0 Å². The van der Waals surface area contributed by atoms with Crippen LogP contribution >= 0.6 is 0 Å². The Balaban J connectivity index is 1.68. The number of fused-ring (bicyclic) bond motifs is 1. The molecule has 1 atom stereocenters. The van der Waals surface area contributed by atoms with E-state index in [0.29, 0.717) is 0 Å². The van der Waals surface area contributed by atoms with Crippen molar-refractivity contribution in [1.29, 1.82) is 0 Å². The van der Waals surface area contributed by atoms with E-state index < -0.39 is 0 Å². The molecule has 0 saturated heterocycles. The number of hydrogen-bond donors (Lipinski definition) is 0. The van der Waals surface area contributed by atoms with Crippen LogP contribution in [0.2, 0.25) is 0 Å². The highest BCUT2D eigenvalue weighted by Gasteiger charge is 2.34. The highest BCUT2D eigenvalue weighted by molar-refractivity contribution is 6.15. The summed E-state index contributed by atoms with van der Waals surface area (Å²) in [5.74, 6) is 0.114. The zero-order valence-electron chi connectivity index (χ0n) is 16.2. The molecule has 0 heterocycles. The van der Waals surface area contributed by atoms with Crippen LogP contribution in [-0.2, 0) is 0 Å². The summed E-state index contributed by atoms with van der Waals surface area (Å²) in [7, 11) is 4.06. The number of carbonyl (C=O) groups is 1. The normalized spacial score (nSPS) is 17.3. The summed E-state index contributed by atoms with van der Waals surface area (Å²) in [6.45, 7) is 0. The highest BCUT2D eigenvalue weighted by atomic mass is 16.1. The Labute approximate surface area is 166 Å². The zero-order valence-corrected chi connectivity index (χ0v) is 16.2. The first-order valence-corrected chi connectivity index (χ1v) is 9.49. The predicted octanol–water partition coefficient (Wildman–Crippen LogP) is 5.72. The first kappa shape index (κ1) is 18.0. The van der Waals surface area contributed by atoms with Crippen LogP contribution in [0, 0.1) is 0 Å². The quantitative estimate of drug-likeness (QED) is 0.551. The number of Topliss-reactive ketones (excluding diaryl/α,β-unsaturated/α-hetero) is 1. The topological polar surface area (TPSA) is 20.3 Å². The summed E-state index contributed by atoms with van der Waals surface area (Å²) >= 11 is 0. The van der Waals surface area contributed by atoms with E-state index in [1.165, 1.54) is 5.69 Å². The second-order valence-electron chi connectivity index (χ2n) is 7.23. The molecule has 1 unspecified atom stereocenters. The van der Waals surface area contributed by atoms with Gasteiger partial charge in [-0.3, -0.25) is 4.79 Å². The molecule has 2 nitrogen and oxygen atoms in total. The molecular weight excluding hydrogens is 342 g/mol. The Morgan fingerprint density at radius 2 is 1.50 bits per heavy atom. The minimum absolute atomic E-state index is 0.00864. The number of benzene rings is 3. The lowest BCUT2D eigenvalue weighted by Crippen LogP contribution is -2.07. The Kier molecular flexibility index (Phi) is 4.94. The van der Waals surface area contributed by atoms with Crippen molar-refractivity contribution in [2.24, 2.45) is 0 Å². The lowest BCUT2D eigenvalue weighted by molar-refractivity contribution is 0.103. The van der Waals surface area contributed by atoms with E-state index >= 15 is 0 Å². The van der Waals surface area contributed by atoms with Gasteiger partial charge in [0.1, 0.15) is 0 Å². The van der Waals surface area contributed by atoms with E-state index in [-0.39, 0.29) is 11.7 Å². The van der Waals surface area contributed by atoms with Gasteiger partial charge in [0, 0.05) is 36.8 Å². The van der Waals surface area contributed by atoms with Crippen molar-refractivity contribution in [2.75, 3.05) is 19.0 Å². The van der Waals surface area contributed by atoms with Gasteiger partial charge in [-0.1, -0.05) is 85.0 Å². The molecule has 0 radical (unpaired) electrons. The van der Waals surface area contributed by atoms with Crippen molar-refractivity contribution >= 4 is 17.5 Å². The van der Waals surface area contributed by atoms with Crippen LogP contribution in [0.4, 0.5) is 5.69 Å². The van der Waals surface area contributed by atoms with Gasteiger partial charge in [-0.05, 0) is 28.8 Å². The molecule has 1 aliphatic rings. The van der Waals surface area contributed by atoms with Gasteiger partial charge in [0.15, 0.2) is 5.78 Å². The van der Waals surface area contributed by atoms with Gasteiger partial charge in [0.25, 0.3) is 0 Å². The molecule has 0 N–H and O–H groups in total. The standard InChI is InChI=1S/C26H23NO/c1-27(2)21-17-15-19(16-18-21)9-8-14-24-25(20-10-4-3-5-11-20)22-12-6-7-13-23(22)26(24)28/h3-18,25H,1-2H3/b9-8+,24-14-. The average molecular weight is 365 g/mol. The Morgan fingerprint density at radius 1 is 0.821 bits per heavy atom. The molecule has 2 heteroatoms. The molecule has 0 aromatic heterocycles. The van der Waals surface area contributed by atoms with Crippen molar-refractivity contribution in [1.82, 2.24) is 0 Å². The van der Waals surface area contributed by atoms with E-state index in [1.54, 1.807) is 0 Å². The molecule has 0 spiro atoms. The smallest absolute Gasteiger partial charge is 0.190 e. The van der Waals surface area contributed by atoms with Crippen molar-refractivity contribution in [3.63, 3.8) is 0 Å². The number of nitrogens with zero attached hydrogens (tertiary/aromatic N) is 1. The third-order valence-corrected chi connectivity index (χ3v) is 5.20. The van der Waals surface area contributed by atoms with Crippen LogP contribution in [-0.4, -0.2) is 19.9 Å². The lowest BCUT2D eigenvalue weighted by Gasteiger charge is -2.13. The third-order valence-electron chi connectivity index (χ3n) is 5.20. The monoisotopic (exact) mass is 365 g/mol. The predicted molar refractivity (Wildman–Crippen MR) is 117 cm³/mol. The molecule has 138 valence electrons. The fourth-order valence-electron chi connectivity index (χ4n) is 3.73. The number of allylic oxidation sites excluding steroid dienone is 3. The van der Waals surface area contributed by atoms with Gasteiger partial charge < -0.3 is 4.90 Å². The second-order valence-corrected chi connectivity index (χ2v) is 7.23. The maximum Gasteiger partial charge on any atom is 0.190 e. The van der Waals surface area contributed by atoms with Crippen LogP contribution < -0.4 is 4.90 Å². The van der Waals surface area contributed by atoms with Crippen molar-refractivity contribution in [2.45, 2.75) is 5.92 Å². The molecule has 3 aromatic carbocycles. The number of hydrogen-bond acceptors (Lipinski definition) is 2. The van der Waals surface area contributed by atoms with Crippen molar-refractivity contribution in [3.05, 3.63) is 119 Å². The Bertz CT molecular complexity index is 1040. The van der Waals surface area contributed by atoms with Gasteiger partial charge in [-0.15, -0.1) is 0 Å². The molecule has 28 heavy (non-hydrogen) atoms. The number of carbonyl (C=O) groups excluding carboxylic acids is 1. The molecule has 0 bridgehead atoms. The molecule has 0 fully saturated rings. The molecule has 0 amide bonds. The van der Waals surface area contributed by atoms with E-state index in [1.807, 2.05) is 68.7 Å². The zero-order chi connectivity index (χ0) is 19.5. The number of ketones is 1. The van der Waals surface area contributed by atoms with Gasteiger partial charge >= 0.3 is 0 Å². The summed E-state index contributed by atoms with van der Waals surface area (Å²) < 4.78 is 0. The molecule has 4 rings (SSSR count). The summed E-state index contributed by atoms with van der Waals surface area (Å²) in [5.41, 5.74) is 6.16. The number of rotatable bonds is 4. The van der Waals surface area contributed by atoms with Crippen molar-refractivity contribution < 1.29 is 4.79 Å². The summed E-state index contributed by atoms with van der Waals surface area (Å²) in [6, 6.07) is 26.5. The average Bonchev–Trinajstić information content (AvgIpc) is 3.01.